The fourth-order valence-corrected chi connectivity index (χ4v) is 7.43. The van der Waals surface area contributed by atoms with Crippen LogP contribution in [0.2, 0.25) is 0 Å². The van der Waals surface area contributed by atoms with Crippen LogP contribution in [0.5, 0.6) is 0 Å². The molecule has 0 aromatic heterocycles. The first-order valence-corrected chi connectivity index (χ1v) is 16.1. The Hall–Kier alpha value is -2.03. The molecule has 0 radical (unpaired) electrons. The van der Waals surface area contributed by atoms with Gasteiger partial charge in [0.05, 0.1) is 0 Å². The van der Waals surface area contributed by atoms with E-state index in [1.54, 1.807) is 11.1 Å². The number of nitrogens with one attached hydrogen (secondary N) is 2. The summed E-state index contributed by atoms with van der Waals surface area (Å²) in [5.41, 5.74) is 5.24. The Morgan fingerprint density at radius 2 is 1.50 bits per heavy atom. The number of rotatable bonds is 15. The van der Waals surface area contributed by atoms with Crippen molar-refractivity contribution in [2.75, 3.05) is 6.54 Å². The standard InChI is InChI=1S/C35H52N2O/c1-25(35(38)37-33-18-19-33)29(21-27-13-10-14-27)15-8-9-20-36-26(2)34(22-28-11-4-3-5-12-28)32-23-30-16-6-7-17-31(30)24-32/h6-7,16-17,27-29,32-34,36H,1-5,8-15,18-24H2,(H,37,38)/t29?,34-/m1/s1. The fourth-order valence-electron chi connectivity index (χ4n) is 7.43. The summed E-state index contributed by atoms with van der Waals surface area (Å²) in [5, 5.41) is 6.98. The van der Waals surface area contributed by atoms with Crippen molar-refractivity contribution >= 4 is 5.91 Å². The van der Waals surface area contributed by atoms with Gasteiger partial charge in [-0.3, -0.25) is 4.79 Å². The van der Waals surface area contributed by atoms with Crippen molar-refractivity contribution in [2.45, 2.75) is 115 Å². The lowest BCUT2D eigenvalue weighted by Gasteiger charge is -2.32. The molecule has 4 aliphatic carbocycles. The van der Waals surface area contributed by atoms with Gasteiger partial charge in [0, 0.05) is 29.8 Å². The molecule has 3 fully saturated rings. The van der Waals surface area contributed by atoms with E-state index < -0.39 is 0 Å². The highest BCUT2D eigenvalue weighted by Gasteiger charge is 2.33. The minimum Gasteiger partial charge on any atom is -0.389 e. The van der Waals surface area contributed by atoms with Crippen molar-refractivity contribution in [3.05, 3.63) is 59.8 Å². The lowest BCUT2D eigenvalue weighted by Crippen LogP contribution is -2.31. The summed E-state index contributed by atoms with van der Waals surface area (Å²) in [5.74, 6) is 3.40. The van der Waals surface area contributed by atoms with Gasteiger partial charge in [0.1, 0.15) is 0 Å². The number of hydrogen-bond acceptors (Lipinski definition) is 2. The number of benzene rings is 1. The number of unbranched alkanes of at least 4 members (excludes halogenated alkanes) is 1. The summed E-state index contributed by atoms with van der Waals surface area (Å²) in [7, 11) is 0. The first-order chi connectivity index (χ1) is 18.6. The van der Waals surface area contributed by atoms with Gasteiger partial charge in [-0.25, -0.2) is 0 Å². The molecule has 1 unspecified atom stereocenters. The molecule has 5 rings (SSSR count). The van der Waals surface area contributed by atoms with Gasteiger partial charge in [-0.1, -0.05) is 95.2 Å². The zero-order valence-electron chi connectivity index (χ0n) is 23.8. The summed E-state index contributed by atoms with van der Waals surface area (Å²) in [6.07, 6.45) is 21.6. The molecule has 2 N–H and O–H groups in total. The first kappa shape index (κ1) is 27.5. The van der Waals surface area contributed by atoms with Crippen LogP contribution in [0.25, 0.3) is 0 Å². The maximum Gasteiger partial charge on any atom is 0.247 e. The Morgan fingerprint density at radius 3 is 2.13 bits per heavy atom. The van der Waals surface area contributed by atoms with Gasteiger partial charge < -0.3 is 10.6 Å². The molecule has 0 spiro atoms. The monoisotopic (exact) mass is 516 g/mol. The van der Waals surface area contributed by atoms with E-state index in [0.29, 0.717) is 23.8 Å². The van der Waals surface area contributed by atoms with Gasteiger partial charge >= 0.3 is 0 Å². The molecule has 4 aliphatic rings. The Bertz CT molecular complexity index is 927. The average Bonchev–Trinajstić information content (AvgIpc) is 3.62. The van der Waals surface area contributed by atoms with Crippen LogP contribution >= 0.6 is 0 Å². The van der Waals surface area contributed by atoms with Crippen LogP contribution in [0.15, 0.2) is 48.7 Å². The van der Waals surface area contributed by atoms with Crippen LogP contribution in [0.3, 0.4) is 0 Å². The zero-order valence-corrected chi connectivity index (χ0v) is 23.8. The maximum atomic E-state index is 12.7. The van der Waals surface area contributed by atoms with Crippen molar-refractivity contribution in [1.82, 2.24) is 10.6 Å². The van der Waals surface area contributed by atoms with E-state index in [1.165, 1.54) is 76.3 Å². The molecular weight excluding hydrogens is 464 g/mol. The maximum absolute atomic E-state index is 12.7. The Balaban J connectivity index is 1.10. The van der Waals surface area contributed by atoms with Crippen molar-refractivity contribution in [2.24, 2.45) is 29.6 Å². The van der Waals surface area contributed by atoms with E-state index >= 15 is 0 Å². The normalized spacial score (nSPS) is 21.8. The summed E-state index contributed by atoms with van der Waals surface area (Å²) < 4.78 is 0. The summed E-state index contributed by atoms with van der Waals surface area (Å²) in [6.45, 7) is 9.89. The molecule has 0 aliphatic heterocycles. The third kappa shape index (κ3) is 7.54. The van der Waals surface area contributed by atoms with Gasteiger partial charge in [-0.15, -0.1) is 0 Å². The number of fused-ring (bicyclic) bond motifs is 1. The molecule has 208 valence electrons. The highest BCUT2D eigenvalue weighted by Crippen LogP contribution is 2.40. The number of hydrogen-bond donors (Lipinski definition) is 2. The van der Waals surface area contributed by atoms with Gasteiger partial charge in [0.25, 0.3) is 0 Å². The molecule has 1 aromatic rings. The fraction of sp³-hybridized carbons (Fsp3) is 0.686. The average molecular weight is 517 g/mol. The molecule has 0 heterocycles. The lowest BCUT2D eigenvalue weighted by molar-refractivity contribution is -0.118. The number of carbonyl (C=O) groups is 1. The molecule has 1 amide bonds. The Labute approximate surface area is 232 Å². The molecule has 3 saturated carbocycles. The van der Waals surface area contributed by atoms with Crippen LogP contribution < -0.4 is 10.6 Å². The van der Waals surface area contributed by atoms with Gasteiger partial charge in [0.2, 0.25) is 5.91 Å². The molecule has 1 aromatic carbocycles. The van der Waals surface area contributed by atoms with Gasteiger partial charge in [-0.2, -0.15) is 0 Å². The van der Waals surface area contributed by atoms with Gasteiger partial charge in [-0.05, 0) is 86.2 Å². The van der Waals surface area contributed by atoms with Crippen LogP contribution in [-0.4, -0.2) is 18.5 Å². The highest BCUT2D eigenvalue weighted by molar-refractivity contribution is 5.93. The van der Waals surface area contributed by atoms with Crippen LogP contribution in [0.1, 0.15) is 107 Å². The van der Waals surface area contributed by atoms with Gasteiger partial charge in [0.15, 0.2) is 0 Å². The SMILES string of the molecule is C=C(C(=O)NC1CC1)C(CCCCNC(=C)[C@@H](CC1CCCCC1)C1Cc2ccccc2C1)CC1CCC1. The van der Waals surface area contributed by atoms with E-state index in [4.69, 9.17) is 0 Å². The Kier molecular flexibility index (Phi) is 9.68. The first-order valence-electron chi connectivity index (χ1n) is 16.1. The minimum atomic E-state index is 0.117. The summed E-state index contributed by atoms with van der Waals surface area (Å²) in [6, 6.07) is 9.48. The van der Waals surface area contributed by atoms with E-state index in [2.05, 4.69) is 48.1 Å². The molecule has 3 nitrogen and oxygen atoms in total. The zero-order chi connectivity index (χ0) is 26.3. The van der Waals surface area contributed by atoms with E-state index in [-0.39, 0.29) is 5.91 Å². The van der Waals surface area contributed by atoms with Crippen molar-refractivity contribution < 1.29 is 4.79 Å². The Morgan fingerprint density at radius 1 is 0.842 bits per heavy atom. The highest BCUT2D eigenvalue weighted by atomic mass is 16.1. The molecule has 0 saturated heterocycles. The number of carbonyl (C=O) groups excluding carboxylic acids is 1. The molecule has 38 heavy (non-hydrogen) atoms. The smallest absolute Gasteiger partial charge is 0.247 e. The number of amides is 1. The second-order valence-corrected chi connectivity index (χ2v) is 13.2. The second kappa shape index (κ2) is 13.4. The molecule has 0 bridgehead atoms. The number of allylic oxidation sites excluding steroid dienone is 1. The van der Waals surface area contributed by atoms with Crippen molar-refractivity contribution in [3.63, 3.8) is 0 Å². The quantitative estimate of drug-likeness (QED) is 0.184. The summed E-state index contributed by atoms with van der Waals surface area (Å²) in [4.78, 5) is 12.7. The largest absolute Gasteiger partial charge is 0.389 e. The molecule has 3 heteroatoms. The third-order valence-electron chi connectivity index (χ3n) is 10.3. The van der Waals surface area contributed by atoms with Crippen LogP contribution in [0, 0.1) is 29.6 Å². The molecular formula is C35H52N2O. The minimum absolute atomic E-state index is 0.117. The molecule has 2 atom stereocenters. The lowest BCUT2D eigenvalue weighted by atomic mass is 9.75. The van der Waals surface area contributed by atoms with E-state index in [0.717, 1.165) is 62.5 Å². The van der Waals surface area contributed by atoms with Crippen molar-refractivity contribution in [1.29, 1.82) is 0 Å². The van der Waals surface area contributed by atoms with Crippen LogP contribution in [0.4, 0.5) is 0 Å². The predicted octanol–water partition coefficient (Wildman–Crippen LogP) is 7.90. The van der Waals surface area contributed by atoms with Crippen LogP contribution in [-0.2, 0) is 17.6 Å². The second-order valence-electron chi connectivity index (χ2n) is 13.2. The summed E-state index contributed by atoms with van der Waals surface area (Å²) >= 11 is 0. The third-order valence-corrected chi connectivity index (χ3v) is 10.3. The van der Waals surface area contributed by atoms with E-state index in [1.807, 2.05) is 0 Å². The predicted molar refractivity (Wildman–Crippen MR) is 159 cm³/mol. The topological polar surface area (TPSA) is 41.1 Å². The van der Waals surface area contributed by atoms with Crippen molar-refractivity contribution in [3.8, 4) is 0 Å². The van der Waals surface area contributed by atoms with E-state index in [9.17, 15) is 4.79 Å².